The Balaban J connectivity index is 2.32. The van der Waals surface area contributed by atoms with Crippen LogP contribution in [0.1, 0.15) is 39.0 Å². The SMILES string of the molecule is CCCCC(N)C(=O)N1CCC(NC(=O)NC)CC1. The number of hydrogen-bond acceptors (Lipinski definition) is 3. The fourth-order valence-corrected chi connectivity index (χ4v) is 2.28. The van der Waals surface area contributed by atoms with Crippen molar-refractivity contribution in [2.45, 2.75) is 51.1 Å². The van der Waals surface area contributed by atoms with Gasteiger partial charge in [0, 0.05) is 26.2 Å². The number of rotatable bonds is 5. The van der Waals surface area contributed by atoms with E-state index >= 15 is 0 Å². The van der Waals surface area contributed by atoms with Crippen LogP contribution in [0.2, 0.25) is 0 Å². The van der Waals surface area contributed by atoms with Crippen molar-refractivity contribution in [1.82, 2.24) is 15.5 Å². The lowest BCUT2D eigenvalue weighted by atomic mass is 10.0. The second-order valence-corrected chi connectivity index (χ2v) is 5.07. The van der Waals surface area contributed by atoms with E-state index in [1.807, 2.05) is 4.90 Å². The fraction of sp³-hybridized carbons (Fsp3) is 0.846. The minimum absolute atomic E-state index is 0.0480. The Hall–Kier alpha value is -1.30. The number of likely N-dealkylation sites (tertiary alicyclic amines) is 1. The Morgan fingerprint density at radius 2 is 2.00 bits per heavy atom. The number of hydrogen-bond donors (Lipinski definition) is 3. The predicted octanol–water partition coefficient (Wildman–Crippen LogP) is 0.424. The molecule has 1 atom stereocenters. The number of carbonyl (C=O) groups excluding carboxylic acids is 2. The van der Waals surface area contributed by atoms with Crippen LogP contribution in [0.5, 0.6) is 0 Å². The van der Waals surface area contributed by atoms with Gasteiger partial charge in [-0.15, -0.1) is 0 Å². The smallest absolute Gasteiger partial charge is 0.314 e. The van der Waals surface area contributed by atoms with Crippen LogP contribution >= 0.6 is 0 Å². The maximum absolute atomic E-state index is 12.1. The molecule has 1 aliphatic heterocycles. The van der Waals surface area contributed by atoms with Crippen LogP contribution in [0.4, 0.5) is 4.79 Å². The molecule has 6 heteroatoms. The minimum atomic E-state index is -0.372. The minimum Gasteiger partial charge on any atom is -0.341 e. The average molecular weight is 270 g/mol. The molecule has 110 valence electrons. The summed E-state index contributed by atoms with van der Waals surface area (Å²) in [5, 5.41) is 5.41. The Bertz CT molecular complexity index is 301. The summed E-state index contributed by atoms with van der Waals surface area (Å²) < 4.78 is 0. The first kappa shape index (κ1) is 15.8. The van der Waals surface area contributed by atoms with Gasteiger partial charge in [-0.05, 0) is 19.3 Å². The van der Waals surface area contributed by atoms with Crippen molar-refractivity contribution in [2.24, 2.45) is 5.73 Å². The quantitative estimate of drug-likeness (QED) is 0.677. The molecule has 0 aromatic heterocycles. The van der Waals surface area contributed by atoms with Crippen LogP contribution in [0, 0.1) is 0 Å². The van der Waals surface area contributed by atoms with E-state index in [9.17, 15) is 9.59 Å². The molecule has 1 unspecified atom stereocenters. The zero-order chi connectivity index (χ0) is 14.3. The number of amides is 3. The van der Waals surface area contributed by atoms with Crippen molar-refractivity contribution in [3.05, 3.63) is 0 Å². The van der Waals surface area contributed by atoms with Gasteiger partial charge in [0.15, 0.2) is 0 Å². The highest BCUT2D eigenvalue weighted by Gasteiger charge is 2.26. The summed E-state index contributed by atoms with van der Waals surface area (Å²) in [7, 11) is 1.60. The molecular weight excluding hydrogens is 244 g/mol. The fourth-order valence-electron chi connectivity index (χ4n) is 2.28. The lowest BCUT2D eigenvalue weighted by Gasteiger charge is -2.33. The summed E-state index contributed by atoms with van der Waals surface area (Å²) in [6.45, 7) is 3.44. The van der Waals surface area contributed by atoms with Gasteiger partial charge in [-0.25, -0.2) is 4.79 Å². The second-order valence-electron chi connectivity index (χ2n) is 5.07. The van der Waals surface area contributed by atoms with Gasteiger partial charge in [-0.2, -0.15) is 0 Å². The molecule has 0 bridgehead atoms. The average Bonchev–Trinajstić information content (AvgIpc) is 2.44. The zero-order valence-electron chi connectivity index (χ0n) is 11.9. The molecule has 19 heavy (non-hydrogen) atoms. The van der Waals surface area contributed by atoms with Crippen LogP contribution in [0.3, 0.4) is 0 Å². The number of nitrogens with zero attached hydrogens (tertiary/aromatic N) is 1. The van der Waals surface area contributed by atoms with Gasteiger partial charge in [0.05, 0.1) is 6.04 Å². The highest BCUT2D eigenvalue weighted by molar-refractivity contribution is 5.81. The van der Waals surface area contributed by atoms with E-state index in [2.05, 4.69) is 17.6 Å². The molecule has 0 saturated carbocycles. The third-order valence-electron chi connectivity index (χ3n) is 3.55. The Kier molecular flexibility index (Phi) is 6.62. The molecule has 1 heterocycles. The Morgan fingerprint density at radius 1 is 1.37 bits per heavy atom. The predicted molar refractivity (Wildman–Crippen MR) is 74.7 cm³/mol. The van der Waals surface area contributed by atoms with E-state index in [-0.39, 0.29) is 24.0 Å². The van der Waals surface area contributed by atoms with Crippen molar-refractivity contribution < 1.29 is 9.59 Å². The molecule has 4 N–H and O–H groups in total. The van der Waals surface area contributed by atoms with Crippen LogP contribution in [-0.4, -0.2) is 49.1 Å². The summed E-state index contributed by atoms with van der Waals surface area (Å²) in [5.74, 6) is 0.0480. The summed E-state index contributed by atoms with van der Waals surface area (Å²) in [4.78, 5) is 25.1. The summed E-state index contributed by atoms with van der Waals surface area (Å²) in [5.41, 5.74) is 5.90. The van der Waals surface area contributed by atoms with E-state index < -0.39 is 0 Å². The summed E-state index contributed by atoms with van der Waals surface area (Å²) >= 11 is 0. The van der Waals surface area contributed by atoms with Gasteiger partial charge in [-0.3, -0.25) is 4.79 Å². The number of nitrogens with one attached hydrogen (secondary N) is 2. The monoisotopic (exact) mass is 270 g/mol. The van der Waals surface area contributed by atoms with E-state index in [0.717, 1.165) is 32.1 Å². The van der Waals surface area contributed by atoms with Crippen molar-refractivity contribution in [3.63, 3.8) is 0 Å². The van der Waals surface area contributed by atoms with E-state index in [1.54, 1.807) is 7.05 Å². The van der Waals surface area contributed by atoms with Crippen molar-refractivity contribution in [2.75, 3.05) is 20.1 Å². The molecular formula is C13H26N4O2. The van der Waals surface area contributed by atoms with Gasteiger partial charge in [0.25, 0.3) is 0 Å². The third-order valence-corrected chi connectivity index (χ3v) is 3.55. The molecule has 6 nitrogen and oxygen atoms in total. The van der Waals surface area contributed by atoms with Crippen molar-refractivity contribution in [1.29, 1.82) is 0 Å². The molecule has 1 saturated heterocycles. The molecule has 0 spiro atoms. The van der Waals surface area contributed by atoms with E-state index in [4.69, 9.17) is 5.73 Å². The molecule has 1 rings (SSSR count). The Morgan fingerprint density at radius 3 is 2.53 bits per heavy atom. The molecule has 0 aromatic rings. The van der Waals surface area contributed by atoms with Crippen LogP contribution in [-0.2, 0) is 4.79 Å². The highest BCUT2D eigenvalue weighted by Crippen LogP contribution is 2.12. The molecule has 1 aliphatic rings. The Labute approximate surface area is 115 Å². The lowest BCUT2D eigenvalue weighted by molar-refractivity contribution is -0.133. The molecule has 0 radical (unpaired) electrons. The first-order valence-electron chi connectivity index (χ1n) is 7.11. The zero-order valence-corrected chi connectivity index (χ0v) is 11.9. The first-order valence-corrected chi connectivity index (χ1v) is 7.11. The van der Waals surface area contributed by atoms with Crippen LogP contribution in [0.25, 0.3) is 0 Å². The van der Waals surface area contributed by atoms with E-state index in [0.29, 0.717) is 13.1 Å². The number of piperidine rings is 1. The maximum Gasteiger partial charge on any atom is 0.314 e. The lowest BCUT2D eigenvalue weighted by Crippen LogP contribution is -2.51. The standard InChI is InChI=1S/C13H26N4O2/c1-3-4-5-11(14)12(18)17-8-6-10(7-9-17)16-13(19)15-2/h10-11H,3-9,14H2,1-2H3,(H2,15,16,19). The number of carbonyl (C=O) groups is 2. The number of urea groups is 1. The van der Waals surface area contributed by atoms with Gasteiger partial charge in [-0.1, -0.05) is 19.8 Å². The second kappa shape index (κ2) is 7.99. The highest BCUT2D eigenvalue weighted by atomic mass is 16.2. The molecule has 0 aliphatic carbocycles. The van der Waals surface area contributed by atoms with Crippen LogP contribution in [0.15, 0.2) is 0 Å². The molecule has 3 amide bonds. The van der Waals surface area contributed by atoms with Crippen molar-refractivity contribution >= 4 is 11.9 Å². The maximum atomic E-state index is 12.1. The van der Waals surface area contributed by atoms with Gasteiger partial charge in [0.1, 0.15) is 0 Å². The topological polar surface area (TPSA) is 87.5 Å². The normalized spacial score (nSPS) is 17.9. The van der Waals surface area contributed by atoms with Gasteiger partial charge >= 0.3 is 6.03 Å². The van der Waals surface area contributed by atoms with Gasteiger partial charge < -0.3 is 21.3 Å². The largest absolute Gasteiger partial charge is 0.341 e. The van der Waals surface area contributed by atoms with Crippen LogP contribution < -0.4 is 16.4 Å². The molecule has 0 aromatic carbocycles. The number of nitrogens with two attached hydrogens (primary N) is 1. The summed E-state index contributed by atoms with van der Waals surface area (Å²) in [6, 6.07) is -0.385. The number of unbranched alkanes of at least 4 members (excludes halogenated alkanes) is 1. The third kappa shape index (κ3) is 5.06. The summed E-state index contributed by atoms with van der Waals surface area (Å²) in [6.07, 6.45) is 4.38. The van der Waals surface area contributed by atoms with Gasteiger partial charge in [0.2, 0.25) is 5.91 Å². The molecule has 1 fully saturated rings. The first-order chi connectivity index (χ1) is 9.08. The van der Waals surface area contributed by atoms with Crippen molar-refractivity contribution in [3.8, 4) is 0 Å². The van der Waals surface area contributed by atoms with E-state index in [1.165, 1.54) is 0 Å².